The van der Waals surface area contributed by atoms with Crippen molar-refractivity contribution in [3.63, 3.8) is 0 Å². The fourth-order valence-electron chi connectivity index (χ4n) is 2.46. The van der Waals surface area contributed by atoms with Gasteiger partial charge in [-0.05, 0) is 29.8 Å². The Labute approximate surface area is 127 Å². The van der Waals surface area contributed by atoms with Crippen LogP contribution in [0.1, 0.15) is 0 Å². The van der Waals surface area contributed by atoms with Crippen LogP contribution in [0.5, 0.6) is 0 Å². The molecule has 0 saturated carbocycles. The van der Waals surface area contributed by atoms with Gasteiger partial charge in [-0.1, -0.05) is 30.3 Å². The summed E-state index contributed by atoms with van der Waals surface area (Å²) in [5, 5.41) is 3.30. The fourth-order valence-corrected chi connectivity index (χ4v) is 2.46. The molecule has 2 N–H and O–H groups in total. The highest BCUT2D eigenvalue weighted by atomic mass is 15.0. The smallest absolute Gasteiger partial charge is 0.130 e. The number of pyridine rings is 2. The molecule has 0 aliphatic heterocycles. The monoisotopic (exact) mass is 286 g/mol. The van der Waals surface area contributed by atoms with E-state index >= 15 is 0 Å². The molecule has 0 spiro atoms. The minimum atomic E-state index is 0.797. The van der Waals surface area contributed by atoms with Crippen LogP contribution < -0.4 is 5.32 Å². The lowest BCUT2D eigenvalue weighted by Gasteiger charge is -2.05. The lowest BCUT2D eigenvalue weighted by Crippen LogP contribution is -1.93. The third kappa shape index (κ3) is 2.31. The van der Waals surface area contributed by atoms with Gasteiger partial charge in [-0.3, -0.25) is 4.98 Å². The predicted molar refractivity (Wildman–Crippen MR) is 89.0 cm³/mol. The fraction of sp³-hybridized carbons (Fsp3) is 0. The minimum Gasteiger partial charge on any atom is -0.358 e. The molecule has 0 aliphatic carbocycles. The lowest BCUT2D eigenvalue weighted by atomic mass is 10.1. The van der Waals surface area contributed by atoms with Crippen molar-refractivity contribution in [2.45, 2.75) is 0 Å². The second-order valence-electron chi connectivity index (χ2n) is 5.03. The number of fused-ring (bicyclic) bond motifs is 1. The number of nitrogens with one attached hydrogen (secondary N) is 2. The SMILES string of the molecule is c1ccc(-c2ccc(Nc3c[nH]c4cccnc34)nc2)cc1. The van der Waals surface area contributed by atoms with E-state index in [1.807, 2.05) is 48.8 Å². The molecule has 4 rings (SSSR count). The highest BCUT2D eigenvalue weighted by Gasteiger charge is 2.05. The summed E-state index contributed by atoms with van der Waals surface area (Å²) in [6.45, 7) is 0. The second-order valence-corrected chi connectivity index (χ2v) is 5.03. The van der Waals surface area contributed by atoms with E-state index in [0.717, 1.165) is 33.7 Å². The van der Waals surface area contributed by atoms with Crippen LogP contribution in [0, 0.1) is 0 Å². The number of hydrogen-bond donors (Lipinski definition) is 2. The van der Waals surface area contributed by atoms with E-state index in [-0.39, 0.29) is 0 Å². The largest absolute Gasteiger partial charge is 0.358 e. The first-order valence-corrected chi connectivity index (χ1v) is 7.11. The Balaban J connectivity index is 1.61. The van der Waals surface area contributed by atoms with Gasteiger partial charge >= 0.3 is 0 Å². The molecular weight excluding hydrogens is 272 g/mol. The van der Waals surface area contributed by atoms with Gasteiger partial charge < -0.3 is 10.3 Å². The summed E-state index contributed by atoms with van der Waals surface area (Å²) in [4.78, 5) is 12.1. The Morgan fingerprint density at radius 2 is 1.73 bits per heavy atom. The van der Waals surface area contributed by atoms with E-state index in [1.165, 1.54) is 0 Å². The third-order valence-electron chi connectivity index (χ3n) is 3.57. The van der Waals surface area contributed by atoms with Crippen molar-refractivity contribution >= 4 is 22.5 Å². The minimum absolute atomic E-state index is 0.797. The maximum Gasteiger partial charge on any atom is 0.130 e. The zero-order valence-electron chi connectivity index (χ0n) is 11.8. The van der Waals surface area contributed by atoms with Crippen molar-refractivity contribution in [3.8, 4) is 11.1 Å². The average molecular weight is 286 g/mol. The van der Waals surface area contributed by atoms with Crippen molar-refractivity contribution in [1.29, 1.82) is 0 Å². The third-order valence-corrected chi connectivity index (χ3v) is 3.57. The summed E-state index contributed by atoms with van der Waals surface area (Å²) in [6.07, 6.45) is 5.57. The molecule has 1 aromatic carbocycles. The standard InChI is InChI=1S/C18H14N4/c1-2-5-13(6-3-1)14-8-9-17(21-11-14)22-16-12-20-15-7-4-10-19-18(15)16/h1-12,20H,(H,21,22). The average Bonchev–Trinajstić information content (AvgIpc) is 3.00. The molecule has 4 nitrogen and oxygen atoms in total. The van der Waals surface area contributed by atoms with Crippen LogP contribution in [0.4, 0.5) is 11.5 Å². The first-order valence-electron chi connectivity index (χ1n) is 7.11. The van der Waals surface area contributed by atoms with Gasteiger partial charge in [-0.25, -0.2) is 4.98 Å². The number of nitrogens with zero attached hydrogens (tertiary/aromatic N) is 2. The van der Waals surface area contributed by atoms with Gasteiger partial charge in [0.15, 0.2) is 0 Å². The highest BCUT2D eigenvalue weighted by Crippen LogP contribution is 2.24. The van der Waals surface area contributed by atoms with E-state index in [0.29, 0.717) is 0 Å². The zero-order chi connectivity index (χ0) is 14.8. The van der Waals surface area contributed by atoms with E-state index < -0.39 is 0 Å². The van der Waals surface area contributed by atoms with Crippen LogP contribution in [0.2, 0.25) is 0 Å². The van der Waals surface area contributed by atoms with Gasteiger partial charge in [0.25, 0.3) is 0 Å². The Morgan fingerprint density at radius 3 is 2.55 bits per heavy atom. The molecule has 0 aliphatic rings. The molecule has 22 heavy (non-hydrogen) atoms. The Hall–Kier alpha value is -3.14. The maximum atomic E-state index is 4.48. The quantitative estimate of drug-likeness (QED) is 0.588. The first kappa shape index (κ1) is 12.6. The van der Waals surface area contributed by atoms with Crippen LogP contribution in [-0.4, -0.2) is 15.0 Å². The summed E-state index contributed by atoms with van der Waals surface area (Å²) in [5.41, 5.74) is 5.11. The van der Waals surface area contributed by atoms with E-state index in [9.17, 15) is 0 Å². The molecule has 0 fully saturated rings. The van der Waals surface area contributed by atoms with Crippen molar-refractivity contribution in [2.75, 3.05) is 5.32 Å². The molecule has 4 heteroatoms. The van der Waals surface area contributed by atoms with Gasteiger partial charge in [0.2, 0.25) is 0 Å². The molecule has 0 saturated heterocycles. The Kier molecular flexibility index (Phi) is 3.05. The number of benzene rings is 1. The number of rotatable bonds is 3. The highest BCUT2D eigenvalue weighted by molar-refractivity contribution is 5.90. The van der Waals surface area contributed by atoms with E-state index in [2.05, 4.69) is 38.5 Å². The van der Waals surface area contributed by atoms with Crippen LogP contribution in [-0.2, 0) is 0 Å². The van der Waals surface area contributed by atoms with Crippen LogP contribution >= 0.6 is 0 Å². The molecular formula is C18H14N4. The van der Waals surface area contributed by atoms with Gasteiger partial charge in [-0.2, -0.15) is 0 Å². The van der Waals surface area contributed by atoms with Crippen LogP contribution in [0.15, 0.2) is 73.2 Å². The molecule has 0 atom stereocenters. The Bertz CT molecular complexity index is 895. The van der Waals surface area contributed by atoms with E-state index in [4.69, 9.17) is 0 Å². The van der Waals surface area contributed by atoms with Crippen LogP contribution in [0.3, 0.4) is 0 Å². The summed E-state index contributed by atoms with van der Waals surface area (Å²) in [7, 11) is 0. The van der Waals surface area contributed by atoms with Crippen molar-refractivity contribution in [3.05, 3.63) is 73.2 Å². The topological polar surface area (TPSA) is 53.6 Å². The van der Waals surface area contributed by atoms with Gasteiger partial charge in [-0.15, -0.1) is 0 Å². The molecule has 0 amide bonds. The predicted octanol–water partition coefficient (Wildman–Crippen LogP) is 4.37. The number of aromatic nitrogens is 3. The first-order chi connectivity index (χ1) is 10.9. The van der Waals surface area contributed by atoms with Gasteiger partial charge in [0.05, 0.1) is 11.2 Å². The number of aromatic amines is 1. The molecule has 106 valence electrons. The second kappa shape index (κ2) is 5.33. The number of H-pyrrole nitrogens is 1. The molecule has 0 bridgehead atoms. The van der Waals surface area contributed by atoms with Gasteiger partial charge in [0.1, 0.15) is 11.3 Å². The summed E-state index contributed by atoms with van der Waals surface area (Å²) >= 11 is 0. The van der Waals surface area contributed by atoms with Gasteiger partial charge in [0, 0.05) is 24.2 Å². The molecule has 4 aromatic rings. The van der Waals surface area contributed by atoms with Crippen molar-refractivity contribution < 1.29 is 0 Å². The van der Waals surface area contributed by atoms with Crippen LogP contribution in [0.25, 0.3) is 22.2 Å². The molecule has 3 aromatic heterocycles. The zero-order valence-corrected chi connectivity index (χ0v) is 11.8. The molecule has 0 radical (unpaired) electrons. The Morgan fingerprint density at radius 1 is 0.818 bits per heavy atom. The van der Waals surface area contributed by atoms with Crippen molar-refractivity contribution in [1.82, 2.24) is 15.0 Å². The molecule has 3 heterocycles. The maximum absolute atomic E-state index is 4.48. The lowest BCUT2D eigenvalue weighted by molar-refractivity contribution is 1.31. The summed E-state index contributed by atoms with van der Waals surface area (Å²) in [6, 6.07) is 18.2. The molecule has 0 unspecified atom stereocenters. The number of hydrogen-bond acceptors (Lipinski definition) is 3. The summed E-state index contributed by atoms with van der Waals surface area (Å²) in [5.74, 6) is 0.797. The van der Waals surface area contributed by atoms with E-state index in [1.54, 1.807) is 6.20 Å². The van der Waals surface area contributed by atoms with Crippen molar-refractivity contribution in [2.24, 2.45) is 0 Å². The normalized spacial score (nSPS) is 10.7. The number of anilines is 2. The summed E-state index contributed by atoms with van der Waals surface area (Å²) < 4.78 is 0.